The highest BCUT2D eigenvalue weighted by molar-refractivity contribution is 8.00. The van der Waals surface area contributed by atoms with Crippen molar-refractivity contribution in [2.75, 3.05) is 43.9 Å². The van der Waals surface area contributed by atoms with Gasteiger partial charge in [0.15, 0.2) is 5.78 Å². The lowest BCUT2D eigenvalue weighted by molar-refractivity contribution is -0.126. The number of aromatic nitrogens is 1. The quantitative estimate of drug-likeness (QED) is 0.171. The second-order valence-electron chi connectivity index (χ2n) is 9.00. The zero-order valence-corrected chi connectivity index (χ0v) is 22.1. The number of nitrogens with zero attached hydrogens (tertiary/aromatic N) is 3. The molecule has 0 aliphatic carbocycles. The van der Waals surface area contributed by atoms with Crippen molar-refractivity contribution >= 4 is 46.1 Å². The number of rotatable bonds is 8. The molecule has 6 nitrogen and oxygen atoms in total. The Bertz CT molecular complexity index is 1440. The van der Waals surface area contributed by atoms with Crippen LogP contribution in [-0.2, 0) is 4.79 Å². The van der Waals surface area contributed by atoms with Gasteiger partial charge in [-0.1, -0.05) is 30.3 Å². The number of ether oxygens (including phenoxy) is 1. The molecule has 192 valence electrons. The molecule has 1 fully saturated rings. The molecule has 0 N–H and O–H groups in total. The number of carbonyl (C=O) groups is 2. The van der Waals surface area contributed by atoms with E-state index in [0.717, 1.165) is 45.9 Å². The van der Waals surface area contributed by atoms with Gasteiger partial charge in [0.2, 0.25) is 5.91 Å². The summed E-state index contributed by atoms with van der Waals surface area (Å²) < 4.78 is 5.17. The Kier molecular flexibility index (Phi) is 8.04. The number of fused-ring (bicyclic) bond motifs is 1. The van der Waals surface area contributed by atoms with Crippen LogP contribution >= 0.6 is 11.8 Å². The zero-order chi connectivity index (χ0) is 26.3. The monoisotopic (exact) mass is 523 g/mol. The standard InChI is InChI=1S/C31H29N3O3S/c1-37-26-13-6-23(7-14-26)8-15-31(36)34-20-18-33(19-21-34)25-11-9-24(10-12-25)29(35)22-38-30-16-17-32-28-5-3-2-4-27(28)30/h2-17H,18-22H2,1H3. The lowest BCUT2D eigenvalue weighted by Crippen LogP contribution is -2.48. The van der Waals surface area contributed by atoms with Crippen molar-refractivity contribution in [2.45, 2.75) is 4.90 Å². The first kappa shape index (κ1) is 25.5. The molecule has 0 atom stereocenters. The van der Waals surface area contributed by atoms with Gasteiger partial charge in [0, 0.05) is 60.0 Å². The molecule has 1 amide bonds. The van der Waals surface area contributed by atoms with Gasteiger partial charge in [0.25, 0.3) is 0 Å². The van der Waals surface area contributed by atoms with Gasteiger partial charge < -0.3 is 14.5 Å². The number of piperazine rings is 1. The Balaban J connectivity index is 1.12. The number of thioether (sulfide) groups is 1. The summed E-state index contributed by atoms with van der Waals surface area (Å²) in [5.74, 6) is 1.28. The number of Topliss-reactive ketones (excluding diaryl/α,β-unsaturated/α-hetero) is 1. The summed E-state index contributed by atoms with van der Waals surface area (Å²) in [5, 5.41) is 1.07. The van der Waals surface area contributed by atoms with Crippen LogP contribution in [0.4, 0.5) is 5.69 Å². The van der Waals surface area contributed by atoms with Crippen molar-refractivity contribution in [3.63, 3.8) is 0 Å². The number of hydrogen-bond acceptors (Lipinski definition) is 6. The minimum atomic E-state index is 0.0147. The number of methoxy groups -OCH3 is 1. The second-order valence-corrected chi connectivity index (χ2v) is 10.0. The summed E-state index contributed by atoms with van der Waals surface area (Å²) >= 11 is 1.54. The van der Waals surface area contributed by atoms with Crippen LogP contribution in [0.5, 0.6) is 5.75 Å². The van der Waals surface area contributed by atoms with E-state index in [0.29, 0.717) is 24.4 Å². The summed E-state index contributed by atoms with van der Waals surface area (Å²) in [6, 6.07) is 25.3. The molecule has 3 aromatic carbocycles. The fraction of sp³-hybridized carbons (Fsp3) is 0.194. The highest BCUT2D eigenvalue weighted by atomic mass is 32.2. The van der Waals surface area contributed by atoms with Gasteiger partial charge in [0.1, 0.15) is 5.75 Å². The highest BCUT2D eigenvalue weighted by Gasteiger charge is 2.20. The molecule has 2 heterocycles. The number of amides is 1. The molecule has 0 radical (unpaired) electrons. The molecular formula is C31H29N3O3S. The van der Waals surface area contributed by atoms with E-state index in [1.54, 1.807) is 31.1 Å². The van der Waals surface area contributed by atoms with Gasteiger partial charge in [-0.15, -0.1) is 11.8 Å². The van der Waals surface area contributed by atoms with E-state index in [1.165, 1.54) is 0 Å². The Hall–Kier alpha value is -4.10. The lowest BCUT2D eigenvalue weighted by Gasteiger charge is -2.35. The van der Waals surface area contributed by atoms with Crippen molar-refractivity contribution in [1.29, 1.82) is 0 Å². The zero-order valence-electron chi connectivity index (χ0n) is 21.2. The van der Waals surface area contributed by atoms with E-state index < -0.39 is 0 Å². The SMILES string of the molecule is COc1ccc(C=CC(=O)N2CCN(c3ccc(C(=O)CSc4ccnc5ccccc45)cc3)CC2)cc1. The second kappa shape index (κ2) is 12.0. The van der Waals surface area contributed by atoms with Crippen molar-refractivity contribution in [1.82, 2.24) is 9.88 Å². The Morgan fingerprint density at radius 1 is 0.921 bits per heavy atom. The van der Waals surface area contributed by atoms with E-state index in [4.69, 9.17) is 4.74 Å². The number of ketones is 1. The first-order valence-corrected chi connectivity index (χ1v) is 13.5. The Morgan fingerprint density at radius 2 is 1.66 bits per heavy atom. The summed E-state index contributed by atoms with van der Waals surface area (Å²) in [5.41, 5.74) is 3.66. The molecule has 1 aromatic heterocycles. The van der Waals surface area contributed by atoms with Crippen LogP contribution in [0.25, 0.3) is 17.0 Å². The number of carbonyl (C=O) groups excluding carboxylic acids is 2. The third-order valence-electron chi connectivity index (χ3n) is 6.65. The van der Waals surface area contributed by atoms with E-state index >= 15 is 0 Å². The largest absolute Gasteiger partial charge is 0.497 e. The van der Waals surface area contributed by atoms with Crippen molar-refractivity contribution in [3.05, 3.63) is 102 Å². The van der Waals surface area contributed by atoms with Crippen LogP contribution in [0.15, 0.2) is 96.0 Å². The fourth-order valence-corrected chi connectivity index (χ4v) is 5.39. The predicted octanol–water partition coefficient (Wildman–Crippen LogP) is 5.58. The van der Waals surface area contributed by atoms with Crippen LogP contribution in [0.1, 0.15) is 15.9 Å². The summed E-state index contributed by atoms with van der Waals surface area (Å²) in [6.07, 6.45) is 5.25. The molecule has 0 saturated carbocycles. The summed E-state index contributed by atoms with van der Waals surface area (Å²) in [4.78, 5) is 35.1. The third kappa shape index (κ3) is 6.06. The van der Waals surface area contributed by atoms with Gasteiger partial charge in [-0.2, -0.15) is 0 Å². The van der Waals surface area contributed by atoms with Crippen LogP contribution in [-0.4, -0.2) is 60.6 Å². The molecule has 1 saturated heterocycles. The maximum absolute atomic E-state index is 12.8. The normalized spacial score (nSPS) is 13.7. The average molecular weight is 524 g/mol. The first-order chi connectivity index (χ1) is 18.6. The van der Waals surface area contributed by atoms with Gasteiger partial charge in [-0.3, -0.25) is 14.6 Å². The van der Waals surface area contributed by atoms with Crippen LogP contribution in [0.2, 0.25) is 0 Å². The van der Waals surface area contributed by atoms with Gasteiger partial charge in [0.05, 0.1) is 18.4 Å². The van der Waals surface area contributed by atoms with Crippen molar-refractivity contribution in [2.24, 2.45) is 0 Å². The van der Waals surface area contributed by atoms with Crippen molar-refractivity contribution < 1.29 is 14.3 Å². The Morgan fingerprint density at radius 3 is 2.39 bits per heavy atom. The first-order valence-electron chi connectivity index (χ1n) is 12.6. The van der Waals surface area contributed by atoms with Crippen LogP contribution in [0.3, 0.4) is 0 Å². The predicted molar refractivity (Wildman–Crippen MR) is 154 cm³/mol. The smallest absolute Gasteiger partial charge is 0.246 e. The van der Waals surface area contributed by atoms with E-state index in [9.17, 15) is 9.59 Å². The molecule has 7 heteroatoms. The van der Waals surface area contributed by atoms with Crippen LogP contribution < -0.4 is 9.64 Å². The van der Waals surface area contributed by atoms with E-state index in [-0.39, 0.29) is 11.7 Å². The maximum Gasteiger partial charge on any atom is 0.246 e. The number of hydrogen-bond donors (Lipinski definition) is 0. The Labute approximate surface area is 226 Å². The molecule has 0 bridgehead atoms. The average Bonchev–Trinajstić information content (AvgIpc) is 2.99. The lowest BCUT2D eigenvalue weighted by atomic mass is 10.1. The minimum Gasteiger partial charge on any atom is -0.497 e. The highest BCUT2D eigenvalue weighted by Crippen LogP contribution is 2.27. The van der Waals surface area contributed by atoms with E-state index in [2.05, 4.69) is 9.88 Å². The molecule has 1 aliphatic rings. The van der Waals surface area contributed by atoms with Crippen molar-refractivity contribution in [3.8, 4) is 5.75 Å². The minimum absolute atomic E-state index is 0.0147. The molecule has 38 heavy (non-hydrogen) atoms. The van der Waals surface area contributed by atoms with Gasteiger partial charge in [-0.05, 0) is 60.2 Å². The topological polar surface area (TPSA) is 62.7 Å². The number of benzene rings is 3. The summed E-state index contributed by atoms with van der Waals surface area (Å²) in [6.45, 7) is 2.81. The number of anilines is 1. The number of pyridine rings is 1. The molecule has 5 rings (SSSR count). The number of para-hydroxylation sites is 1. The molecule has 4 aromatic rings. The summed E-state index contributed by atoms with van der Waals surface area (Å²) in [7, 11) is 1.63. The molecule has 0 spiro atoms. The third-order valence-corrected chi connectivity index (χ3v) is 7.72. The van der Waals surface area contributed by atoms with Gasteiger partial charge >= 0.3 is 0 Å². The molecule has 1 aliphatic heterocycles. The molecule has 0 unspecified atom stereocenters. The van der Waals surface area contributed by atoms with Crippen LogP contribution in [0, 0.1) is 0 Å². The maximum atomic E-state index is 12.8. The fourth-order valence-electron chi connectivity index (χ4n) is 4.45. The van der Waals surface area contributed by atoms with E-state index in [1.807, 2.05) is 89.8 Å². The van der Waals surface area contributed by atoms with Gasteiger partial charge in [-0.25, -0.2) is 0 Å². The molecular weight excluding hydrogens is 494 g/mol.